The minimum Gasteiger partial charge on any atom is -0.490 e. The molecule has 0 unspecified atom stereocenters. The minimum atomic E-state index is 0.351. The highest BCUT2D eigenvalue weighted by molar-refractivity contribution is 6.32. The van der Waals surface area contributed by atoms with Gasteiger partial charge in [-0.1, -0.05) is 65.1 Å². The number of rotatable bonds is 9. The van der Waals surface area contributed by atoms with Crippen molar-refractivity contribution >= 4 is 41.0 Å². The first-order chi connectivity index (χ1) is 14.6. The van der Waals surface area contributed by atoms with E-state index in [-0.39, 0.29) is 0 Å². The van der Waals surface area contributed by atoms with E-state index in [0.717, 1.165) is 16.7 Å². The summed E-state index contributed by atoms with van der Waals surface area (Å²) in [5.74, 6) is 1.06. The summed E-state index contributed by atoms with van der Waals surface area (Å²) in [4.78, 5) is 0. The fraction of sp³-hybridized carbons (Fsp3) is 0.174. The summed E-state index contributed by atoms with van der Waals surface area (Å²) in [5.41, 5.74) is 5.72. The van der Waals surface area contributed by atoms with E-state index in [1.165, 1.54) is 0 Å². The second kappa shape index (κ2) is 11.1. The van der Waals surface area contributed by atoms with Gasteiger partial charge in [-0.05, 0) is 53.9 Å². The maximum atomic E-state index is 6.47. The number of nitrogens with one attached hydrogen (secondary N) is 1. The molecule has 0 fully saturated rings. The lowest BCUT2D eigenvalue weighted by molar-refractivity contribution is 0.269. The largest absolute Gasteiger partial charge is 0.490 e. The molecule has 0 aromatic heterocycles. The van der Waals surface area contributed by atoms with Crippen LogP contribution in [0.25, 0.3) is 0 Å². The van der Waals surface area contributed by atoms with E-state index >= 15 is 0 Å². The van der Waals surface area contributed by atoms with Gasteiger partial charge in [0.1, 0.15) is 6.61 Å². The number of halogens is 3. The normalized spacial score (nSPS) is 10.9. The van der Waals surface area contributed by atoms with E-state index < -0.39 is 0 Å². The van der Waals surface area contributed by atoms with Crippen LogP contribution in [-0.2, 0) is 13.2 Å². The Kier molecular flexibility index (Phi) is 8.26. The number of hydrazone groups is 1. The second-order valence-electron chi connectivity index (χ2n) is 6.36. The molecule has 0 atom stereocenters. The van der Waals surface area contributed by atoms with E-state index in [4.69, 9.17) is 44.3 Å². The molecular formula is C23H21Cl3N2O2. The number of hydrogen-bond acceptors (Lipinski definition) is 4. The number of benzene rings is 3. The summed E-state index contributed by atoms with van der Waals surface area (Å²) in [5, 5.41) is 6.07. The van der Waals surface area contributed by atoms with E-state index in [1.54, 1.807) is 12.3 Å². The molecule has 3 aromatic carbocycles. The highest BCUT2D eigenvalue weighted by Gasteiger charge is 2.12. The SMILES string of the molecule is CCOc1cc(/C=N\NCc2ccccc2Cl)cc(Cl)c1OCc1ccc(Cl)cc1. The Morgan fingerprint density at radius 1 is 0.933 bits per heavy atom. The Balaban J connectivity index is 1.68. The first kappa shape index (κ1) is 22.3. The number of ether oxygens (including phenoxy) is 2. The molecule has 1 N–H and O–H groups in total. The zero-order valence-corrected chi connectivity index (χ0v) is 18.6. The van der Waals surface area contributed by atoms with Crippen molar-refractivity contribution in [1.29, 1.82) is 0 Å². The molecule has 0 aliphatic heterocycles. The average Bonchev–Trinajstić information content (AvgIpc) is 2.73. The van der Waals surface area contributed by atoms with Crippen molar-refractivity contribution < 1.29 is 9.47 Å². The topological polar surface area (TPSA) is 42.8 Å². The zero-order valence-electron chi connectivity index (χ0n) is 16.4. The number of hydrogen-bond donors (Lipinski definition) is 1. The van der Waals surface area contributed by atoms with Crippen molar-refractivity contribution in [1.82, 2.24) is 5.43 Å². The molecule has 0 amide bonds. The van der Waals surface area contributed by atoms with Crippen LogP contribution in [-0.4, -0.2) is 12.8 Å². The van der Waals surface area contributed by atoms with Gasteiger partial charge in [-0.25, -0.2) is 0 Å². The fourth-order valence-corrected chi connectivity index (χ4v) is 3.30. The molecule has 0 saturated carbocycles. The molecule has 0 spiro atoms. The van der Waals surface area contributed by atoms with Crippen LogP contribution in [0.1, 0.15) is 23.6 Å². The third-order valence-electron chi connectivity index (χ3n) is 4.16. The Hall–Kier alpha value is -2.40. The molecular weight excluding hydrogens is 443 g/mol. The maximum absolute atomic E-state index is 6.47. The van der Waals surface area contributed by atoms with Gasteiger partial charge in [0.05, 0.1) is 24.4 Å². The van der Waals surface area contributed by atoms with Crippen molar-refractivity contribution in [3.05, 3.63) is 92.4 Å². The maximum Gasteiger partial charge on any atom is 0.180 e. The Morgan fingerprint density at radius 2 is 1.70 bits per heavy atom. The molecule has 0 saturated heterocycles. The smallest absolute Gasteiger partial charge is 0.180 e. The lowest BCUT2D eigenvalue weighted by Gasteiger charge is -2.14. The summed E-state index contributed by atoms with van der Waals surface area (Å²) in [6.45, 7) is 3.26. The Morgan fingerprint density at radius 3 is 2.43 bits per heavy atom. The molecule has 3 rings (SSSR count). The fourth-order valence-electron chi connectivity index (χ4n) is 2.69. The third-order valence-corrected chi connectivity index (χ3v) is 5.06. The lowest BCUT2D eigenvalue weighted by atomic mass is 10.2. The van der Waals surface area contributed by atoms with Crippen molar-refractivity contribution in [3.63, 3.8) is 0 Å². The summed E-state index contributed by atoms with van der Waals surface area (Å²) < 4.78 is 11.7. The molecule has 7 heteroatoms. The van der Waals surface area contributed by atoms with Crippen LogP contribution in [0.4, 0.5) is 0 Å². The van der Waals surface area contributed by atoms with Gasteiger partial charge >= 0.3 is 0 Å². The predicted octanol–water partition coefficient (Wildman–Crippen LogP) is 6.75. The van der Waals surface area contributed by atoms with Gasteiger partial charge in [-0.2, -0.15) is 5.10 Å². The monoisotopic (exact) mass is 462 g/mol. The highest BCUT2D eigenvalue weighted by atomic mass is 35.5. The molecule has 156 valence electrons. The van der Waals surface area contributed by atoms with Gasteiger partial charge in [0.2, 0.25) is 0 Å². The molecule has 0 bridgehead atoms. The molecule has 30 heavy (non-hydrogen) atoms. The Labute approximate surface area is 191 Å². The first-order valence-electron chi connectivity index (χ1n) is 9.39. The van der Waals surface area contributed by atoms with Crippen molar-refractivity contribution in [3.8, 4) is 11.5 Å². The van der Waals surface area contributed by atoms with Crippen LogP contribution in [0.15, 0.2) is 65.8 Å². The summed E-state index contributed by atoms with van der Waals surface area (Å²) in [6, 6.07) is 18.7. The standard InChI is InChI=1S/C23H21Cl3N2O2/c1-2-29-22-12-17(13-27-28-14-18-5-3-4-6-20(18)25)11-21(26)23(22)30-15-16-7-9-19(24)10-8-16/h3-13,28H,2,14-15H2,1H3/b27-13-. The van der Waals surface area contributed by atoms with E-state index in [1.807, 2.05) is 61.5 Å². The first-order valence-corrected chi connectivity index (χ1v) is 10.5. The van der Waals surface area contributed by atoms with Crippen LogP contribution in [0.3, 0.4) is 0 Å². The van der Waals surface area contributed by atoms with Crippen molar-refractivity contribution in [2.45, 2.75) is 20.1 Å². The summed E-state index contributed by atoms with van der Waals surface area (Å²) in [6.07, 6.45) is 1.67. The van der Waals surface area contributed by atoms with Gasteiger partial charge in [-0.3, -0.25) is 0 Å². The predicted molar refractivity (Wildman–Crippen MR) is 124 cm³/mol. The van der Waals surface area contributed by atoms with Gasteiger partial charge in [0, 0.05) is 10.0 Å². The van der Waals surface area contributed by atoms with E-state index in [2.05, 4.69) is 10.5 Å². The third kappa shape index (κ3) is 6.30. The average molecular weight is 464 g/mol. The minimum absolute atomic E-state index is 0.351. The summed E-state index contributed by atoms with van der Waals surface area (Å²) >= 11 is 18.5. The molecule has 4 nitrogen and oxygen atoms in total. The molecule has 0 aliphatic carbocycles. The van der Waals surface area contributed by atoms with Crippen LogP contribution >= 0.6 is 34.8 Å². The van der Waals surface area contributed by atoms with Gasteiger partial charge in [-0.15, -0.1) is 0 Å². The van der Waals surface area contributed by atoms with E-state index in [9.17, 15) is 0 Å². The van der Waals surface area contributed by atoms with Crippen LogP contribution < -0.4 is 14.9 Å². The lowest BCUT2D eigenvalue weighted by Crippen LogP contribution is -2.06. The van der Waals surface area contributed by atoms with Gasteiger partial charge in [0.15, 0.2) is 11.5 Å². The van der Waals surface area contributed by atoms with Gasteiger partial charge < -0.3 is 14.9 Å². The molecule has 0 heterocycles. The molecule has 0 aliphatic rings. The van der Waals surface area contributed by atoms with Crippen LogP contribution in [0.5, 0.6) is 11.5 Å². The van der Waals surface area contributed by atoms with Crippen LogP contribution in [0, 0.1) is 0 Å². The van der Waals surface area contributed by atoms with E-state index in [0.29, 0.717) is 46.3 Å². The highest BCUT2D eigenvalue weighted by Crippen LogP contribution is 2.37. The van der Waals surface area contributed by atoms with Crippen molar-refractivity contribution in [2.24, 2.45) is 5.10 Å². The second-order valence-corrected chi connectivity index (χ2v) is 7.61. The number of nitrogens with zero attached hydrogens (tertiary/aromatic N) is 1. The van der Waals surface area contributed by atoms with Crippen molar-refractivity contribution in [2.75, 3.05) is 6.61 Å². The quantitative estimate of drug-likeness (QED) is 0.282. The van der Waals surface area contributed by atoms with Crippen LogP contribution in [0.2, 0.25) is 15.1 Å². The zero-order chi connectivity index (χ0) is 21.3. The molecule has 0 radical (unpaired) electrons. The summed E-state index contributed by atoms with van der Waals surface area (Å²) in [7, 11) is 0. The van der Waals surface area contributed by atoms with Gasteiger partial charge in [0.25, 0.3) is 0 Å². The molecule has 3 aromatic rings. The Bertz CT molecular complexity index is 1010.